The van der Waals surface area contributed by atoms with Crippen LogP contribution in [-0.2, 0) is 20.8 Å². The second-order valence-corrected chi connectivity index (χ2v) is 4.87. The van der Waals surface area contributed by atoms with Gasteiger partial charge in [0, 0.05) is 13.2 Å². The number of anilines is 1. The van der Waals surface area contributed by atoms with Crippen molar-refractivity contribution < 1.29 is 14.3 Å². The molecule has 120 valence electrons. The fourth-order valence-corrected chi connectivity index (χ4v) is 2.21. The topological polar surface area (TPSA) is 65.4 Å². The Kier molecular flexibility index (Phi) is 5.91. The van der Waals surface area contributed by atoms with Crippen LogP contribution in [0.2, 0.25) is 0 Å². The number of aryl methyl sites for hydroxylation is 1. The molecule has 1 aromatic heterocycles. The molecule has 2 rings (SSSR count). The quantitative estimate of drug-likeness (QED) is 0.761. The number of imidazole rings is 1. The van der Waals surface area contributed by atoms with Gasteiger partial charge in [0.15, 0.2) is 0 Å². The standard InChI is InChI=1S/C16H23N3O3/c1-4-19-14-9-7-6-8-13(14)17-16(19)18-15(20)12(3)22-11-10-21-5-2/h6-9,12H,4-5,10-11H2,1-3H3,(H,17,18,20)/t12-/m0/s1. The Morgan fingerprint density at radius 1 is 1.32 bits per heavy atom. The SMILES string of the molecule is CCOCCO[C@@H](C)C(=O)Nc1nc2ccccc2n1CC. The first-order valence-electron chi connectivity index (χ1n) is 7.62. The first-order chi connectivity index (χ1) is 10.7. The molecule has 6 nitrogen and oxygen atoms in total. The second kappa shape index (κ2) is 7.91. The maximum atomic E-state index is 12.2. The summed E-state index contributed by atoms with van der Waals surface area (Å²) in [7, 11) is 0. The highest BCUT2D eigenvalue weighted by molar-refractivity contribution is 5.94. The lowest BCUT2D eigenvalue weighted by molar-refractivity contribution is -0.127. The van der Waals surface area contributed by atoms with Crippen molar-refractivity contribution in [1.29, 1.82) is 0 Å². The number of carbonyl (C=O) groups excluding carboxylic acids is 1. The summed E-state index contributed by atoms with van der Waals surface area (Å²) < 4.78 is 12.6. The predicted molar refractivity (Wildman–Crippen MR) is 85.9 cm³/mol. The zero-order valence-electron chi connectivity index (χ0n) is 13.3. The molecule has 1 heterocycles. The van der Waals surface area contributed by atoms with Gasteiger partial charge in [-0.25, -0.2) is 4.98 Å². The maximum absolute atomic E-state index is 12.2. The molecular formula is C16H23N3O3. The number of amides is 1. The summed E-state index contributed by atoms with van der Waals surface area (Å²) >= 11 is 0. The van der Waals surface area contributed by atoms with Gasteiger partial charge in [-0.1, -0.05) is 12.1 Å². The third kappa shape index (κ3) is 3.84. The lowest BCUT2D eigenvalue weighted by atomic mass is 10.3. The smallest absolute Gasteiger partial charge is 0.255 e. The number of hydrogen-bond acceptors (Lipinski definition) is 4. The number of nitrogens with one attached hydrogen (secondary N) is 1. The molecular weight excluding hydrogens is 282 g/mol. The minimum absolute atomic E-state index is 0.207. The number of fused-ring (bicyclic) bond motifs is 1. The molecule has 0 aliphatic heterocycles. The summed E-state index contributed by atoms with van der Waals surface area (Å²) in [5, 5.41) is 2.84. The summed E-state index contributed by atoms with van der Waals surface area (Å²) in [6.07, 6.45) is -0.550. The van der Waals surface area contributed by atoms with Gasteiger partial charge in [0.2, 0.25) is 5.95 Å². The number of aromatic nitrogens is 2. The van der Waals surface area contributed by atoms with E-state index >= 15 is 0 Å². The minimum atomic E-state index is -0.550. The molecule has 0 aliphatic carbocycles. The molecule has 0 unspecified atom stereocenters. The largest absolute Gasteiger partial charge is 0.379 e. The molecule has 0 saturated heterocycles. The van der Waals surface area contributed by atoms with E-state index in [9.17, 15) is 4.79 Å². The molecule has 0 spiro atoms. The fourth-order valence-electron chi connectivity index (χ4n) is 2.21. The first kappa shape index (κ1) is 16.5. The van der Waals surface area contributed by atoms with E-state index in [1.165, 1.54) is 0 Å². The second-order valence-electron chi connectivity index (χ2n) is 4.87. The Bertz CT molecular complexity index is 624. The van der Waals surface area contributed by atoms with Crippen LogP contribution in [0, 0.1) is 0 Å². The predicted octanol–water partition coefficient (Wildman–Crippen LogP) is 2.44. The van der Waals surface area contributed by atoms with E-state index in [2.05, 4.69) is 10.3 Å². The number of benzene rings is 1. The van der Waals surface area contributed by atoms with E-state index < -0.39 is 6.10 Å². The van der Waals surface area contributed by atoms with Crippen molar-refractivity contribution in [1.82, 2.24) is 9.55 Å². The number of nitrogens with zero attached hydrogens (tertiary/aromatic N) is 2. The summed E-state index contributed by atoms with van der Waals surface area (Å²) in [6, 6.07) is 7.81. The molecule has 1 aromatic carbocycles. The van der Waals surface area contributed by atoms with Crippen LogP contribution < -0.4 is 5.32 Å². The highest BCUT2D eigenvalue weighted by atomic mass is 16.5. The number of ether oxygens (including phenoxy) is 2. The van der Waals surface area contributed by atoms with Crippen molar-refractivity contribution in [2.45, 2.75) is 33.4 Å². The molecule has 0 fully saturated rings. The third-order valence-corrected chi connectivity index (χ3v) is 3.37. The fraction of sp³-hybridized carbons (Fsp3) is 0.500. The summed E-state index contributed by atoms with van der Waals surface area (Å²) in [5.41, 5.74) is 1.87. The zero-order chi connectivity index (χ0) is 15.9. The van der Waals surface area contributed by atoms with Gasteiger partial charge in [0.05, 0.1) is 24.2 Å². The van der Waals surface area contributed by atoms with Gasteiger partial charge < -0.3 is 14.0 Å². The van der Waals surface area contributed by atoms with Crippen molar-refractivity contribution in [3.63, 3.8) is 0 Å². The Hall–Kier alpha value is -1.92. The molecule has 0 bridgehead atoms. The number of rotatable bonds is 8. The van der Waals surface area contributed by atoms with Crippen LogP contribution in [0.1, 0.15) is 20.8 Å². The number of hydrogen-bond donors (Lipinski definition) is 1. The van der Waals surface area contributed by atoms with Crippen molar-refractivity contribution in [2.24, 2.45) is 0 Å². The Labute approximate surface area is 130 Å². The van der Waals surface area contributed by atoms with Crippen molar-refractivity contribution in [3.05, 3.63) is 24.3 Å². The van der Waals surface area contributed by atoms with E-state index in [1.807, 2.05) is 42.7 Å². The van der Waals surface area contributed by atoms with Crippen LogP contribution in [0.15, 0.2) is 24.3 Å². The first-order valence-corrected chi connectivity index (χ1v) is 7.62. The molecule has 2 aromatic rings. The van der Waals surface area contributed by atoms with Crippen LogP contribution >= 0.6 is 0 Å². The average molecular weight is 305 g/mol. The van der Waals surface area contributed by atoms with Crippen LogP contribution in [0.3, 0.4) is 0 Å². The van der Waals surface area contributed by atoms with Gasteiger partial charge in [0.1, 0.15) is 6.10 Å². The van der Waals surface area contributed by atoms with Gasteiger partial charge in [0.25, 0.3) is 5.91 Å². The van der Waals surface area contributed by atoms with Crippen LogP contribution in [-0.4, -0.2) is 41.4 Å². The van der Waals surface area contributed by atoms with Gasteiger partial charge in [-0.2, -0.15) is 0 Å². The van der Waals surface area contributed by atoms with Gasteiger partial charge >= 0.3 is 0 Å². The minimum Gasteiger partial charge on any atom is -0.379 e. The van der Waals surface area contributed by atoms with E-state index in [1.54, 1.807) is 6.92 Å². The van der Waals surface area contributed by atoms with E-state index in [0.29, 0.717) is 25.8 Å². The van der Waals surface area contributed by atoms with Crippen LogP contribution in [0.5, 0.6) is 0 Å². The summed E-state index contributed by atoms with van der Waals surface area (Å²) in [5.74, 6) is 0.343. The Morgan fingerprint density at radius 3 is 2.82 bits per heavy atom. The van der Waals surface area contributed by atoms with Gasteiger partial charge in [-0.15, -0.1) is 0 Å². The van der Waals surface area contributed by atoms with Crippen molar-refractivity contribution in [3.8, 4) is 0 Å². The van der Waals surface area contributed by atoms with Gasteiger partial charge in [-0.3, -0.25) is 10.1 Å². The molecule has 1 atom stereocenters. The lowest BCUT2D eigenvalue weighted by Crippen LogP contribution is -2.30. The van der Waals surface area contributed by atoms with E-state index in [-0.39, 0.29) is 5.91 Å². The van der Waals surface area contributed by atoms with Crippen LogP contribution in [0.25, 0.3) is 11.0 Å². The number of carbonyl (C=O) groups is 1. The molecule has 0 radical (unpaired) electrons. The van der Waals surface area contributed by atoms with Crippen molar-refractivity contribution in [2.75, 3.05) is 25.1 Å². The van der Waals surface area contributed by atoms with E-state index in [4.69, 9.17) is 9.47 Å². The molecule has 1 N–H and O–H groups in total. The summed E-state index contributed by atoms with van der Waals surface area (Å²) in [6.45, 7) is 7.92. The van der Waals surface area contributed by atoms with Crippen molar-refractivity contribution >= 4 is 22.9 Å². The highest BCUT2D eigenvalue weighted by Gasteiger charge is 2.17. The molecule has 6 heteroatoms. The van der Waals surface area contributed by atoms with Crippen LogP contribution in [0.4, 0.5) is 5.95 Å². The molecule has 22 heavy (non-hydrogen) atoms. The lowest BCUT2D eigenvalue weighted by Gasteiger charge is -2.13. The summed E-state index contributed by atoms with van der Waals surface area (Å²) in [4.78, 5) is 16.7. The molecule has 1 amide bonds. The van der Waals surface area contributed by atoms with Gasteiger partial charge in [-0.05, 0) is 32.9 Å². The zero-order valence-corrected chi connectivity index (χ0v) is 13.3. The Morgan fingerprint density at radius 2 is 2.09 bits per heavy atom. The number of para-hydroxylation sites is 2. The maximum Gasteiger partial charge on any atom is 0.255 e. The average Bonchev–Trinajstić information content (AvgIpc) is 2.88. The highest BCUT2D eigenvalue weighted by Crippen LogP contribution is 2.19. The normalized spacial score (nSPS) is 12.5. The van der Waals surface area contributed by atoms with E-state index in [0.717, 1.165) is 17.6 Å². The molecule has 0 saturated carbocycles. The molecule has 0 aliphatic rings. The third-order valence-electron chi connectivity index (χ3n) is 3.37. The Balaban J connectivity index is 2.02. The monoisotopic (exact) mass is 305 g/mol.